The first-order valence-electron chi connectivity index (χ1n) is 6.64. The minimum atomic E-state index is 0.694. The number of aryl methyl sites for hydroxylation is 1. The number of halogens is 2. The van der Waals surface area contributed by atoms with E-state index in [1.807, 2.05) is 55.5 Å². The van der Waals surface area contributed by atoms with Gasteiger partial charge in [0.25, 0.3) is 0 Å². The lowest BCUT2D eigenvalue weighted by molar-refractivity contribution is 0.416. The zero-order chi connectivity index (χ0) is 15.0. The second-order valence-electron chi connectivity index (χ2n) is 4.91. The molecule has 0 aliphatic rings. The molecule has 21 heavy (non-hydrogen) atoms. The number of benzene rings is 3. The van der Waals surface area contributed by atoms with Gasteiger partial charge in [-0.15, -0.1) is 0 Å². The molecule has 0 heterocycles. The van der Waals surface area contributed by atoms with Crippen molar-refractivity contribution in [1.29, 1.82) is 0 Å². The van der Waals surface area contributed by atoms with Crippen LogP contribution < -0.4 is 4.74 Å². The normalized spacial score (nSPS) is 10.9. The first kappa shape index (κ1) is 14.2. The Bertz CT molecular complexity index is 825. The molecule has 0 N–H and O–H groups in total. The molecule has 0 amide bonds. The van der Waals surface area contributed by atoms with Gasteiger partial charge in [-0.05, 0) is 36.2 Å². The molecular formula is C18H14Cl2O. The van der Waals surface area contributed by atoms with Crippen molar-refractivity contribution in [2.45, 2.75) is 6.92 Å². The Hall–Kier alpha value is -1.70. The van der Waals surface area contributed by atoms with Crippen molar-refractivity contribution >= 4 is 34.0 Å². The van der Waals surface area contributed by atoms with E-state index in [-0.39, 0.29) is 0 Å². The Morgan fingerprint density at radius 2 is 1.67 bits per heavy atom. The summed E-state index contributed by atoms with van der Waals surface area (Å²) < 4.78 is 5.50. The van der Waals surface area contributed by atoms with Crippen molar-refractivity contribution in [3.63, 3.8) is 0 Å². The average Bonchev–Trinajstić information content (AvgIpc) is 2.48. The van der Waals surface area contributed by atoms with Crippen molar-refractivity contribution in [2.75, 3.05) is 7.11 Å². The molecule has 0 aliphatic carbocycles. The third-order valence-corrected chi connectivity index (χ3v) is 4.26. The zero-order valence-electron chi connectivity index (χ0n) is 11.8. The highest BCUT2D eigenvalue weighted by atomic mass is 35.5. The van der Waals surface area contributed by atoms with Crippen molar-refractivity contribution in [2.24, 2.45) is 0 Å². The largest absolute Gasteiger partial charge is 0.496 e. The molecule has 3 aromatic carbocycles. The highest BCUT2D eigenvalue weighted by Crippen LogP contribution is 2.42. The van der Waals surface area contributed by atoms with Crippen molar-refractivity contribution in [3.05, 3.63) is 64.1 Å². The number of hydrogen-bond acceptors (Lipinski definition) is 1. The fourth-order valence-corrected chi connectivity index (χ4v) is 3.30. The molecular weight excluding hydrogens is 303 g/mol. The van der Waals surface area contributed by atoms with Gasteiger partial charge in [0.2, 0.25) is 0 Å². The average molecular weight is 317 g/mol. The van der Waals surface area contributed by atoms with Gasteiger partial charge in [-0.2, -0.15) is 0 Å². The van der Waals surface area contributed by atoms with Crippen LogP contribution >= 0.6 is 23.2 Å². The fraction of sp³-hybridized carbons (Fsp3) is 0.111. The monoisotopic (exact) mass is 316 g/mol. The maximum atomic E-state index is 6.45. The SMILES string of the molecule is COc1ccccc1-c1c(C)cc(Cl)c2cccc(Cl)c12. The second kappa shape index (κ2) is 5.59. The van der Waals surface area contributed by atoms with E-state index in [4.69, 9.17) is 27.9 Å². The topological polar surface area (TPSA) is 9.23 Å². The molecule has 0 aliphatic heterocycles. The molecule has 0 bridgehead atoms. The van der Waals surface area contributed by atoms with Gasteiger partial charge in [0.05, 0.1) is 7.11 Å². The molecule has 0 fully saturated rings. The number of methoxy groups -OCH3 is 1. The van der Waals surface area contributed by atoms with Gasteiger partial charge < -0.3 is 4.74 Å². The fourth-order valence-electron chi connectivity index (χ4n) is 2.71. The molecule has 0 aromatic heterocycles. The maximum absolute atomic E-state index is 6.45. The second-order valence-corrected chi connectivity index (χ2v) is 5.73. The van der Waals surface area contributed by atoms with Gasteiger partial charge in [-0.1, -0.05) is 53.5 Å². The smallest absolute Gasteiger partial charge is 0.126 e. The maximum Gasteiger partial charge on any atom is 0.126 e. The summed E-state index contributed by atoms with van der Waals surface area (Å²) >= 11 is 12.8. The number of ether oxygens (including phenoxy) is 1. The van der Waals surface area contributed by atoms with Crippen LogP contribution in [-0.2, 0) is 0 Å². The number of rotatable bonds is 2. The molecule has 0 atom stereocenters. The number of fused-ring (bicyclic) bond motifs is 1. The van der Waals surface area contributed by atoms with Crippen molar-refractivity contribution in [1.82, 2.24) is 0 Å². The molecule has 3 aromatic rings. The Morgan fingerprint density at radius 3 is 2.43 bits per heavy atom. The van der Waals surface area contributed by atoms with Crippen LogP contribution in [0.25, 0.3) is 21.9 Å². The van der Waals surface area contributed by atoms with Crippen LogP contribution in [0.1, 0.15) is 5.56 Å². The molecule has 3 rings (SSSR count). The summed E-state index contributed by atoms with van der Waals surface area (Å²) in [5, 5.41) is 3.33. The molecule has 0 radical (unpaired) electrons. The lowest BCUT2D eigenvalue weighted by Gasteiger charge is -2.16. The van der Waals surface area contributed by atoms with E-state index in [9.17, 15) is 0 Å². The van der Waals surface area contributed by atoms with Gasteiger partial charge in [0.15, 0.2) is 0 Å². The standard InChI is InChI=1S/C18H14Cl2O/c1-11-10-15(20)12-7-5-8-14(19)18(12)17(11)13-6-3-4-9-16(13)21-2/h3-10H,1-2H3. The first-order valence-corrected chi connectivity index (χ1v) is 7.39. The summed E-state index contributed by atoms with van der Waals surface area (Å²) in [5.74, 6) is 0.823. The quantitative estimate of drug-likeness (QED) is 0.552. The van der Waals surface area contributed by atoms with Crippen LogP contribution in [0.4, 0.5) is 0 Å². The molecule has 1 nitrogen and oxygen atoms in total. The molecule has 0 unspecified atom stereocenters. The minimum Gasteiger partial charge on any atom is -0.496 e. The molecule has 3 heteroatoms. The van der Waals surface area contributed by atoms with E-state index in [0.717, 1.165) is 33.2 Å². The van der Waals surface area contributed by atoms with Crippen LogP contribution in [0.15, 0.2) is 48.5 Å². The Balaban J connectivity index is 2.48. The summed E-state index contributed by atoms with van der Waals surface area (Å²) in [6.07, 6.45) is 0. The Labute approximate surface area is 134 Å². The predicted octanol–water partition coefficient (Wildman–Crippen LogP) is 6.13. The number of para-hydroxylation sites is 1. The van der Waals surface area contributed by atoms with Crippen LogP contribution in [0, 0.1) is 6.92 Å². The third-order valence-electron chi connectivity index (χ3n) is 3.63. The van der Waals surface area contributed by atoms with E-state index in [0.29, 0.717) is 10.0 Å². The summed E-state index contributed by atoms with van der Waals surface area (Å²) in [4.78, 5) is 0. The lowest BCUT2D eigenvalue weighted by atomic mass is 9.93. The highest BCUT2D eigenvalue weighted by Gasteiger charge is 2.16. The zero-order valence-corrected chi connectivity index (χ0v) is 13.3. The van der Waals surface area contributed by atoms with Gasteiger partial charge in [-0.3, -0.25) is 0 Å². The van der Waals surface area contributed by atoms with E-state index < -0.39 is 0 Å². The summed E-state index contributed by atoms with van der Waals surface area (Å²) in [6.45, 7) is 2.04. The number of hydrogen-bond donors (Lipinski definition) is 0. The van der Waals surface area contributed by atoms with E-state index in [1.54, 1.807) is 7.11 Å². The van der Waals surface area contributed by atoms with Crippen LogP contribution in [0.2, 0.25) is 10.0 Å². The van der Waals surface area contributed by atoms with E-state index in [1.165, 1.54) is 0 Å². The van der Waals surface area contributed by atoms with Crippen LogP contribution in [-0.4, -0.2) is 7.11 Å². The van der Waals surface area contributed by atoms with E-state index >= 15 is 0 Å². The Morgan fingerprint density at radius 1 is 0.905 bits per heavy atom. The van der Waals surface area contributed by atoms with Crippen LogP contribution in [0.5, 0.6) is 5.75 Å². The highest BCUT2D eigenvalue weighted by molar-refractivity contribution is 6.41. The van der Waals surface area contributed by atoms with Gasteiger partial charge >= 0.3 is 0 Å². The summed E-state index contributed by atoms with van der Waals surface area (Å²) in [7, 11) is 1.67. The van der Waals surface area contributed by atoms with Crippen LogP contribution in [0.3, 0.4) is 0 Å². The van der Waals surface area contributed by atoms with Gasteiger partial charge in [0.1, 0.15) is 5.75 Å². The molecule has 106 valence electrons. The lowest BCUT2D eigenvalue weighted by Crippen LogP contribution is -1.92. The van der Waals surface area contributed by atoms with Crippen molar-refractivity contribution in [3.8, 4) is 16.9 Å². The van der Waals surface area contributed by atoms with Gasteiger partial charge in [0, 0.05) is 26.4 Å². The molecule has 0 spiro atoms. The minimum absolute atomic E-state index is 0.694. The van der Waals surface area contributed by atoms with E-state index in [2.05, 4.69) is 0 Å². The van der Waals surface area contributed by atoms with Gasteiger partial charge in [-0.25, -0.2) is 0 Å². The summed E-state index contributed by atoms with van der Waals surface area (Å²) in [6, 6.07) is 15.7. The molecule has 0 saturated heterocycles. The van der Waals surface area contributed by atoms with Crippen molar-refractivity contribution < 1.29 is 4.74 Å². The predicted molar refractivity (Wildman–Crippen MR) is 90.7 cm³/mol. The Kier molecular flexibility index (Phi) is 3.79. The molecule has 0 saturated carbocycles. The third kappa shape index (κ3) is 2.37. The first-order chi connectivity index (χ1) is 10.1. The summed E-state index contributed by atoms with van der Waals surface area (Å²) in [5.41, 5.74) is 3.16.